The Kier molecular flexibility index (Phi) is 4.32. The van der Waals surface area contributed by atoms with Crippen molar-refractivity contribution in [3.05, 3.63) is 52.0 Å². The molecule has 0 radical (unpaired) electrons. The molecule has 2 aliphatic heterocycles. The van der Waals surface area contributed by atoms with Gasteiger partial charge < -0.3 is 4.90 Å². The van der Waals surface area contributed by atoms with Gasteiger partial charge in [-0.05, 0) is 37.0 Å². The molecule has 0 saturated carbocycles. The summed E-state index contributed by atoms with van der Waals surface area (Å²) >= 11 is 0. The lowest BCUT2D eigenvalue weighted by Gasteiger charge is -2.41. The Morgan fingerprint density at radius 2 is 1.93 bits per heavy atom. The molecule has 0 unspecified atom stereocenters. The molecule has 1 atom stereocenters. The number of alkyl halides is 2. The molecule has 0 spiro atoms. The van der Waals surface area contributed by atoms with Gasteiger partial charge in [0.2, 0.25) is 5.91 Å². The second kappa shape index (κ2) is 6.54. The first kappa shape index (κ1) is 17.8. The molecule has 0 aliphatic carbocycles. The molecule has 1 aromatic carbocycles. The van der Waals surface area contributed by atoms with Crippen LogP contribution in [0.3, 0.4) is 0 Å². The summed E-state index contributed by atoms with van der Waals surface area (Å²) in [6, 6.07) is 5.23. The second-order valence-electron chi connectivity index (χ2n) is 7.13. The predicted octanol–water partition coefficient (Wildman–Crippen LogP) is 1.78. The first-order valence-electron chi connectivity index (χ1n) is 8.93. The summed E-state index contributed by atoms with van der Waals surface area (Å²) in [5.41, 5.74) is 0.460. The van der Waals surface area contributed by atoms with Gasteiger partial charge in [-0.1, -0.05) is 12.1 Å². The summed E-state index contributed by atoms with van der Waals surface area (Å²) in [6.07, 6.45) is 2.18. The summed E-state index contributed by atoms with van der Waals surface area (Å²) in [6.45, 7) is -0.886. The molecule has 27 heavy (non-hydrogen) atoms. The SMILES string of the molecule is O=C([C@@H]1CCCc2nn(CCc3ccc(F)cc3)c(=O)n21)N1CC(F)(F)C1. The lowest BCUT2D eigenvalue weighted by Crippen LogP contribution is -2.60. The van der Waals surface area contributed by atoms with E-state index in [4.69, 9.17) is 0 Å². The number of amides is 1. The molecular weight excluding hydrogens is 361 g/mol. The van der Waals surface area contributed by atoms with Gasteiger partial charge in [0.25, 0.3) is 5.92 Å². The van der Waals surface area contributed by atoms with Crippen molar-refractivity contribution in [1.29, 1.82) is 0 Å². The number of halogens is 3. The maximum absolute atomic E-state index is 13.1. The van der Waals surface area contributed by atoms with Crippen LogP contribution in [0.4, 0.5) is 13.2 Å². The number of nitrogens with zero attached hydrogens (tertiary/aromatic N) is 4. The molecular formula is C18H19F3N4O2. The van der Waals surface area contributed by atoms with E-state index in [1.54, 1.807) is 12.1 Å². The highest BCUT2D eigenvalue weighted by atomic mass is 19.3. The molecule has 9 heteroatoms. The Balaban J connectivity index is 1.52. The highest BCUT2D eigenvalue weighted by molar-refractivity contribution is 5.81. The van der Waals surface area contributed by atoms with E-state index in [2.05, 4.69) is 5.10 Å². The van der Waals surface area contributed by atoms with E-state index < -0.39 is 36.7 Å². The fourth-order valence-electron chi connectivity index (χ4n) is 3.68. The van der Waals surface area contributed by atoms with Crippen LogP contribution < -0.4 is 5.69 Å². The van der Waals surface area contributed by atoms with Gasteiger partial charge in [0.05, 0.1) is 19.6 Å². The monoisotopic (exact) mass is 380 g/mol. The predicted molar refractivity (Wildman–Crippen MR) is 90.1 cm³/mol. The van der Waals surface area contributed by atoms with Crippen molar-refractivity contribution >= 4 is 5.91 Å². The molecule has 1 amide bonds. The van der Waals surface area contributed by atoms with Gasteiger partial charge in [-0.15, -0.1) is 0 Å². The van der Waals surface area contributed by atoms with Crippen LogP contribution in [0.1, 0.15) is 30.3 Å². The molecule has 4 rings (SSSR count). The fourth-order valence-corrected chi connectivity index (χ4v) is 3.68. The van der Waals surface area contributed by atoms with Crippen LogP contribution >= 0.6 is 0 Å². The number of benzene rings is 1. The maximum atomic E-state index is 13.1. The van der Waals surface area contributed by atoms with Crippen LogP contribution in [0.15, 0.2) is 29.1 Å². The van der Waals surface area contributed by atoms with Crippen molar-refractivity contribution in [1.82, 2.24) is 19.2 Å². The molecule has 2 aromatic rings. The standard InChI is InChI=1S/C18H19F3N4O2/c19-13-6-4-12(5-7-13)8-9-24-17(27)25-14(2-1-3-15(25)22-24)16(26)23-10-18(20,21)11-23/h4-7,14H,1-3,8-11H2/t14-/m0/s1. The zero-order valence-electron chi connectivity index (χ0n) is 14.6. The van der Waals surface area contributed by atoms with E-state index >= 15 is 0 Å². The summed E-state index contributed by atoms with van der Waals surface area (Å²) in [4.78, 5) is 26.4. The molecule has 1 saturated heterocycles. The number of hydrogen-bond donors (Lipinski definition) is 0. The van der Waals surface area contributed by atoms with E-state index in [-0.39, 0.29) is 5.82 Å². The van der Waals surface area contributed by atoms with Crippen molar-refractivity contribution < 1.29 is 18.0 Å². The summed E-state index contributed by atoms with van der Waals surface area (Å²) < 4.78 is 41.8. The molecule has 144 valence electrons. The summed E-state index contributed by atoms with van der Waals surface area (Å²) in [7, 11) is 0. The van der Waals surface area contributed by atoms with E-state index in [0.717, 1.165) is 10.5 Å². The molecule has 3 heterocycles. The molecule has 0 bridgehead atoms. The van der Waals surface area contributed by atoms with Crippen LogP contribution in [0.25, 0.3) is 0 Å². The van der Waals surface area contributed by atoms with Gasteiger partial charge in [-0.25, -0.2) is 22.6 Å². The number of aryl methyl sites for hydroxylation is 3. The first-order valence-corrected chi connectivity index (χ1v) is 8.93. The highest BCUT2D eigenvalue weighted by Crippen LogP contribution is 2.31. The van der Waals surface area contributed by atoms with E-state index in [0.29, 0.717) is 38.1 Å². The van der Waals surface area contributed by atoms with Crippen LogP contribution in [0, 0.1) is 5.82 Å². The minimum absolute atomic E-state index is 0.299. The zero-order valence-corrected chi connectivity index (χ0v) is 14.6. The first-order chi connectivity index (χ1) is 12.8. The lowest BCUT2D eigenvalue weighted by molar-refractivity contribution is -0.169. The molecule has 6 nitrogen and oxygen atoms in total. The number of hydrogen-bond acceptors (Lipinski definition) is 3. The van der Waals surface area contributed by atoms with E-state index in [1.807, 2.05) is 0 Å². The topological polar surface area (TPSA) is 60.1 Å². The van der Waals surface area contributed by atoms with Gasteiger partial charge in [0, 0.05) is 6.42 Å². The fraction of sp³-hybridized carbons (Fsp3) is 0.500. The Morgan fingerprint density at radius 3 is 2.59 bits per heavy atom. The highest BCUT2D eigenvalue weighted by Gasteiger charge is 2.48. The number of rotatable bonds is 4. The Bertz CT molecular complexity index is 912. The van der Waals surface area contributed by atoms with Crippen LogP contribution in [-0.4, -0.2) is 44.2 Å². The Morgan fingerprint density at radius 1 is 1.22 bits per heavy atom. The Labute approximate surface area is 153 Å². The third-order valence-electron chi connectivity index (χ3n) is 5.10. The third-order valence-corrected chi connectivity index (χ3v) is 5.10. The van der Waals surface area contributed by atoms with Crippen molar-refractivity contribution in [3.8, 4) is 0 Å². The van der Waals surface area contributed by atoms with Crippen LogP contribution in [0.2, 0.25) is 0 Å². The van der Waals surface area contributed by atoms with Crippen molar-refractivity contribution in [2.45, 2.75) is 44.2 Å². The molecule has 1 aromatic heterocycles. The second-order valence-corrected chi connectivity index (χ2v) is 7.13. The van der Waals surface area contributed by atoms with Crippen molar-refractivity contribution in [2.24, 2.45) is 0 Å². The van der Waals surface area contributed by atoms with Gasteiger partial charge >= 0.3 is 5.69 Å². The maximum Gasteiger partial charge on any atom is 0.346 e. The average molecular weight is 380 g/mol. The smallest absolute Gasteiger partial charge is 0.329 e. The van der Waals surface area contributed by atoms with Crippen LogP contribution in [-0.2, 0) is 24.2 Å². The molecule has 0 N–H and O–H groups in total. The normalized spacial score (nSPS) is 20.9. The van der Waals surface area contributed by atoms with Gasteiger partial charge in [0.1, 0.15) is 17.7 Å². The summed E-state index contributed by atoms with van der Waals surface area (Å²) in [5.74, 6) is -3.10. The number of carbonyl (C=O) groups is 1. The summed E-state index contributed by atoms with van der Waals surface area (Å²) in [5, 5.41) is 4.32. The minimum Gasteiger partial charge on any atom is -0.329 e. The third kappa shape index (κ3) is 3.38. The average Bonchev–Trinajstić information content (AvgIpc) is 2.95. The van der Waals surface area contributed by atoms with Gasteiger partial charge in [0.15, 0.2) is 0 Å². The van der Waals surface area contributed by atoms with Gasteiger partial charge in [-0.2, -0.15) is 5.10 Å². The molecule has 2 aliphatic rings. The lowest BCUT2D eigenvalue weighted by atomic mass is 10.0. The van der Waals surface area contributed by atoms with Crippen molar-refractivity contribution in [2.75, 3.05) is 13.1 Å². The zero-order chi connectivity index (χ0) is 19.2. The number of fused-ring (bicyclic) bond motifs is 1. The van der Waals surface area contributed by atoms with Crippen LogP contribution in [0.5, 0.6) is 0 Å². The van der Waals surface area contributed by atoms with Gasteiger partial charge in [-0.3, -0.25) is 9.36 Å². The quantitative estimate of drug-likeness (QED) is 0.813. The van der Waals surface area contributed by atoms with E-state index in [1.165, 1.54) is 21.4 Å². The number of likely N-dealkylation sites (tertiary alicyclic amines) is 1. The van der Waals surface area contributed by atoms with E-state index in [9.17, 15) is 22.8 Å². The largest absolute Gasteiger partial charge is 0.346 e. The minimum atomic E-state index is -2.84. The molecule has 1 fully saturated rings. The number of carbonyl (C=O) groups excluding carboxylic acids is 1. The number of aromatic nitrogens is 3. The van der Waals surface area contributed by atoms with Crippen molar-refractivity contribution in [3.63, 3.8) is 0 Å². The Hall–Kier alpha value is -2.58.